The van der Waals surface area contributed by atoms with Crippen molar-refractivity contribution in [3.05, 3.63) is 0 Å². The van der Waals surface area contributed by atoms with E-state index >= 15 is 0 Å². The minimum atomic E-state index is 0.843. The highest BCUT2D eigenvalue weighted by atomic mass is 127. The highest BCUT2D eigenvalue weighted by molar-refractivity contribution is 14.1. The molecule has 1 nitrogen and oxygen atoms in total. The molecule has 70 valence electrons. The second kappa shape index (κ2) is 3.45. The maximum absolute atomic E-state index is 2.57. The van der Waals surface area contributed by atoms with Gasteiger partial charge in [0.1, 0.15) is 0 Å². The molecule has 3 atom stereocenters. The third-order valence-electron chi connectivity index (χ3n) is 3.57. The Balaban J connectivity index is 2.10. The molecule has 1 heterocycles. The van der Waals surface area contributed by atoms with E-state index in [1.807, 2.05) is 0 Å². The highest BCUT2D eigenvalue weighted by Crippen LogP contribution is 2.45. The Morgan fingerprint density at radius 2 is 2.08 bits per heavy atom. The maximum atomic E-state index is 2.57. The maximum Gasteiger partial charge on any atom is 0.0248 e. The predicted molar refractivity (Wildman–Crippen MR) is 60.2 cm³/mol. The number of nitrogens with zero attached hydrogens (tertiary/aromatic N) is 1. The van der Waals surface area contributed by atoms with Gasteiger partial charge in [-0.15, -0.1) is 0 Å². The van der Waals surface area contributed by atoms with Gasteiger partial charge in [-0.1, -0.05) is 20.3 Å². The number of rotatable bonds is 1. The SMILES string of the molecule is CC(C)C1[C@@H]2CCC[C@@H]2CN1I. The average molecular weight is 279 g/mol. The van der Waals surface area contributed by atoms with Crippen LogP contribution < -0.4 is 0 Å². The first-order chi connectivity index (χ1) is 5.70. The Kier molecular flexibility index (Phi) is 2.66. The zero-order valence-electron chi connectivity index (χ0n) is 7.96. The molecule has 2 rings (SSSR count). The van der Waals surface area contributed by atoms with Crippen molar-refractivity contribution in [2.24, 2.45) is 17.8 Å². The second-order valence-electron chi connectivity index (χ2n) is 4.67. The lowest BCUT2D eigenvalue weighted by Crippen LogP contribution is -2.30. The Bertz CT molecular complexity index is 169. The summed E-state index contributed by atoms with van der Waals surface area (Å²) in [5.74, 6) is 2.91. The van der Waals surface area contributed by atoms with Crippen LogP contribution in [-0.4, -0.2) is 15.7 Å². The molecular weight excluding hydrogens is 261 g/mol. The van der Waals surface area contributed by atoms with Gasteiger partial charge in [0.05, 0.1) is 0 Å². The molecule has 0 aromatic heterocycles. The van der Waals surface area contributed by atoms with E-state index in [9.17, 15) is 0 Å². The molecule has 1 aliphatic carbocycles. The summed E-state index contributed by atoms with van der Waals surface area (Å²) in [5.41, 5.74) is 0. The molecule has 1 saturated carbocycles. The quantitative estimate of drug-likeness (QED) is 0.526. The smallest absolute Gasteiger partial charge is 0.0248 e. The van der Waals surface area contributed by atoms with Gasteiger partial charge in [-0.3, -0.25) is 0 Å². The van der Waals surface area contributed by atoms with E-state index in [1.54, 1.807) is 0 Å². The van der Waals surface area contributed by atoms with Crippen LogP contribution in [0.4, 0.5) is 0 Å². The van der Waals surface area contributed by atoms with Crippen LogP contribution in [0.3, 0.4) is 0 Å². The molecule has 0 spiro atoms. The third kappa shape index (κ3) is 1.41. The minimum Gasteiger partial charge on any atom is -0.244 e. The van der Waals surface area contributed by atoms with Crippen molar-refractivity contribution >= 4 is 22.9 Å². The average Bonchev–Trinajstić information content (AvgIpc) is 2.44. The number of fused-ring (bicyclic) bond motifs is 1. The first kappa shape index (κ1) is 9.25. The standard InChI is InChI=1S/C10H18IN/c1-7(2)10-9-5-3-4-8(9)6-12(10)11/h7-10H,3-6H2,1-2H3/t8-,9-,10?/m1/s1. The number of hydrogen-bond acceptors (Lipinski definition) is 1. The minimum absolute atomic E-state index is 0.843. The van der Waals surface area contributed by atoms with Gasteiger partial charge >= 0.3 is 0 Å². The monoisotopic (exact) mass is 279 g/mol. The molecule has 2 aliphatic rings. The zero-order valence-corrected chi connectivity index (χ0v) is 10.1. The van der Waals surface area contributed by atoms with E-state index in [0.717, 1.165) is 23.8 Å². The van der Waals surface area contributed by atoms with Gasteiger partial charge in [0.2, 0.25) is 0 Å². The van der Waals surface area contributed by atoms with Crippen LogP contribution in [0.15, 0.2) is 0 Å². The Labute approximate surface area is 89.4 Å². The predicted octanol–water partition coefficient (Wildman–Crippen LogP) is 3.09. The van der Waals surface area contributed by atoms with E-state index in [4.69, 9.17) is 0 Å². The molecule has 12 heavy (non-hydrogen) atoms. The largest absolute Gasteiger partial charge is 0.244 e. The van der Waals surface area contributed by atoms with Crippen molar-refractivity contribution in [1.29, 1.82) is 0 Å². The molecule has 0 bridgehead atoms. The summed E-state index contributed by atoms with van der Waals surface area (Å²) in [6.07, 6.45) is 4.48. The van der Waals surface area contributed by atoms with E-state index < -0.39 is 0 Å². The van der Waals surface area contributed by atoms with Crippen molar-refractivity contribution in [3.63, 3.8) is 0 Å². The lowest BCUT2D eigenvalue weighted by atomic mass is 9.88. The molecule has 0 amide bonds. The van der Waals surface area contributed by atoms with Crippen LogP contribution in [0.5, 0.6) is 0 Å². The Morgan fingerprint density at radius 1 is 1.33 bits per heavy atom. The van der Waals surface area contributed by atoms with E-state index in [0.29, 0.717) is 0 Å². The van der Waals surface area contributed by atoms with Crippen molar-refractivity contribution in [2.75, 3.05) is 6.54 Å². The van der Waals surface area contributed by atoms with Crippen LogP contribution in [0, 0.1) is 17.8 Å². The topological polar surface area (TPSA) is 3.24 Å². The van der Waals surface area contributed by atoms with Gasteiger partial charge in [-0.2, -0.15) is 0 Å². The summed E-state index contributed by atoms with van der Waals surface area (Å²) in [5, 5.41) is 0. The first-order valence-electron chi connectivity index (χ1n) is 5.12. The van der Waals surface area contributed by atoms with Gasteiger partial charge in [0.25, 0.3) is 0 Å². The lowest BCUT2D eigenvalue weighted by Gasteiger charge is -2.26. The molecule has 1 unspecified atom stereocenters. The molecule has 2 fully saturated rings. The zero-order chi connectivity index (χ0) is 8.72. The summed E-state index contributed by atoms with van der Waals surface area (Å²) in [4.78, 5) is 0. The number of halogens is 1. The van der Waals surface area contributed by atoms with Crippen LogP contribution in [-0.2, 0) is 0 Å². The molecule has 0 aromatic carbocycles. The summed E-state index contributed by atoms with van der Waals surface area (Å²) >= 11 is 2.53. The molecule has 2 heteroatoms. The second-order valence-corrected chi connectivity index (χ2v) is 5.91. The fourth-order valence-corrected chi connectivity index (χ4v) is 4.68. The summed E-state index contributed by atoms with van der Waals surface area (Å²) in [6.45, 7) is 6.10. The van der Waals surface area contributed by atoms with Gasteiger partial charge in [0, 0.05) is 35.5 Å². The van der Waals surface area contributed by atoms with Gasteiger partial charge in [0.15, 0.2) is 0 Å². The van der Waals surface area contributed by atoms with E-state index in [-0.39, 0.29) is 0 Å². The van der Waals surface area contributed by atoms with Crippen LogP contribution in [0.1, 0.15) is 33.1 Å². The molecule has 1 saturated heterocycles. The molecule has 0 N–H and O–H groups in total. The van der Waals surface area contributed by atoms with Gasteiger partial charge in [-0.25, -0.2) is 3.11 Å². The Morgan fingerprint density at radius 3 is 2.75 bits per heavy atom. The molecule has 0 radical (unpaired) electrons. The van der Waals surface area contributed by atoms with Gasteiger partial charge < -0.3 is 0 Å². The first-order valence-corrected chi connectivity index (χ1v) is 6.09. The van der Waals surface area contributed by atoms with E-state index in [1.165, 1.54) is 25.8 Å². The molecule has 1 aliphatic heterocycles. The third-order valence-corrected chi connectivity index (χ3v) is 4.61. The Hall–Kier alpha value is 0.690. The van der Waals surface area contributed by atoms with Gasteiger partial charge in [-0.05, 0) is 30.6 Å². The van der Waals surface area contributed by atoms with Crippen molar-refractivity contribution in [2.45, 2.75) is 39.2 Å². The normalized spacial score (nSPS) is 42.5. The van der Waals surface area contributed by atoms with Crippen molar-refractivity contribution in [3.8, 4) is 0 Å². The van der Waals surface area contributed by atoms with E-state index in [2.05, 4.69) is 39.8 Å². The summed E-state index contributed by atoms with van der Waals surface area (Å²) < 4.78 is 2.57. The van der Waals surface area contributed by atoms with Crippen LogP contribution >= 0.6 is 22.9 Å². The summed E-state index contributed by atoms with van der Waals surface area (Å²) in [6, 6.07) is 0.873. The van der Waals surface area contributed by atoms with Crippen molar-refractivity contribution in [1.82, 2.24) is 3.11 Å². The highest BCUT2D eigenvalue weighted by Gasteiger charge is 2.44. The molecule has 0 aromatic rings. The van der Waals surface area contributed by atoms with Crippen LogP contribution in [0.25, 0.3) is 0 Å². The summed E-state index contributed by atoms with van der Waals surface area (Å²) in [7, 11) is 0. The number of hydrogen-bond donors (Lipinski definition) is 0. The van der Waals surface area contributed by atoms with Crippen molar-refractivity contribution < 1.29 is 0 Å². The fourth-order valence-electron chi connectivity index (χ4n) is 3.11. The van der Waals surface area contributed by atoms with Crippen LogP contribution in [0.2, 0.25) is 0 Å². The molecular formula is C10H18IN. The fraction of sp³-hybridized carbons (Fsp3) is 1.00. The lowest BCUT2D eigenvalue weighted by molar-refractivity contribution is 0.289.